The number of piperazine rings is 1. The summed E-state index contributed by atoms with van der Waals surface area (Å²) in [5.74, 6) is 0. The molecular weight excluding hydrogens is 258 g/mol. The maximum atomic E-state index is 10.9. The molecule has 0 aliphatic carbocycles. The molecule has 6 nitrogen and oxygen atoms in total. The minimum atomic E-state index is -0.450. The van der Waals surface area contributed by atoms with Crippen molar-refractivity contribution in [1.29, 1.82) is 0 Å². The topological polar surface area (TPSA) is 69.8 Å². The molecule has 1 aromatic rings. The quantitative estimate of drug-likeness (QED) is 0.670. The van der Waals surface area contributed by atoms with Crippen LogP contribution in [0.4, 0.5) is 11.4 Å². The Kier molecular flexibility index (Phi) is 4.57. The van der Waals surface area contributed by atoms with Crippen molar-refractivity contribution in [3.63, 3.8) is 0 Å². The first-order valence-electron chi connectivity index (χ1n) is 6.90. The average molecular weight is 279 g/mol. The molecular formula is C14H21N3O3. The first-order chi connectivity index (χ1) is 9.56. The summed E-state index contributed by atoms with van der Waals surface area (Å²) < 4.78 is 0. The van der Waals surface area contributed by atoms with Crippen molar-refractivity contribution in [2.45, 2.75) is 26.0 Å². The molecule has 1 unspecified atom stereocenters. The van der Waals surface area contributed by atoms with Gasteiger partial charge in [0, 0.05) is 37.4 Å². The van der Waals surface area contributed by atoms with Crippen LogP contribution in [0, 0.1) is 10.1 Å². The number of likely N-dealkylation sites (N-methyl/N-ethyl adjacent to an activating group) is 1. The van der Waals surface area contributed by atoms with Gasteiger partial charge in [0.15, 0.2) is 0 Å². The van der Waals surface area contributed by atoms with E-state index in [9.17, 15) is 15.2 Å². The number of nitro groups is 1. The summed E-state index contributed by atoms with van der Waals surface area (Å²) in [6.07, 6.45) is 1.08. The van der Waals surface area contributed by atoms with Crippen LogP contribution in [-0.4, -0.2) is 47.7 Å². The third-order valence-corrected chi connectivity index (χ3v) is 4.04. The van der Waals surface area contributed by atoms with Crippen molar-refractivity contribution >= 4 is 11.4 Å². The van der Waals surface area contributed by atoms with E-state index in [0.29, 0.717) is 11.6 Å². The van der Waals surface area contributed by atoms with Crippen molar-refractivity contribution in [3.05, 3.63) is 33.9 Å². The van der Waals surface area contributed by atoms with Gasteiger partial charge in [-0.3, -0.25) is 15.0 Å². The van der Waals surface area contributed by atoms with Crippen LogP contribution < -0.4 is 4.90 Å². The standard InChI is InChI=1S/C14H21N3O3/c1-3-12-9-16(7-6-15(12)2)13-4-5-14(17(19)20)11(8-13)10-18/h4-5,8,12,18H,3,6-7,9-10H2,1-2H3. The van der Waals surface area contributed by atoms with E-state index in [0.717, 1.165) is 31.7 Å². The lowest BCUT2D eigenvalue weighted by molar-refractivity contribution is -0.385. The van der Waals surface area contributed by atoms with Crippen LogP contribution in [0.15, 0.2) is 18.2 Å². The Morgan fingerprint density at radius 2 is 2.20 bits per heavy atom. The SMILES string of the molecule is CCC1CN(c2ccc([N+](=O)[O-])c(CO)c2)CCN1C. The van der Waals surface area contributed by atoms with E-state index in [4.69, 9.17) is 0 Å². The minimum absolute atomic E-state index is 0.0163. The number of nitro benzene ring substituents is 1. The van der Waals surface area contributed by atoms with Gasteiger partial charge in [-0.25, -0.2) is 0 Å². The Morgan fingerprint density at radius 1 is 1.45 bits per heavy atom. The van der Waals surface area contributed by atoms with E-state index in [1.807, 2.05) is 0 Å². The van der Waals surface area contributed by atoms with E-state index >= 15 is 0 Å². The second-order valence-corrected chi connectivity index (χ2v) is 5.22. The fourth-order valence-corrected chi connectivity index (χ4v) is 2.69. The number of nitrogens with zero attached hydrogens (tertiary/aromatic N) is 3. The molecule has 1 aliphatic rings. The number of hydrogen-bond acceptors (Lipinski definition) is 5. The molecule has 0 spiro atoms. The molecule has 1 fully saturated rings. The van der Waals surface area contributed by atoms with Crippen LogP contribution in [0.2, 0.25) is 0 Å². The van der Waals surface area contributed by atoms with Crippen molar-refractivity contribution < 1.29 is 10.0 Å². The highest BCUT2D eigenvalue weighted by molar-refractivity contribution is 5.56. The fourth-order valence-electron chi connectivity index (χ4n) is 2.69. The zero-order chi connectivity index (χ0) is 14.7. The van der Waals surface area contributed by atoms with E-state index < -0.39 is 4.92 Å². The predicted molar refractivity (Wildman–Crippen MR) is 77.9 cm³/mol. The van der Waals surface area contributed by atoms with Crippen molar-refractivity contribution in [2.75, 3.05) is 31.6 Å². The summed E-state index contributed by atoms with van der Waals surface area (Å²) in [5.41, 5.74) is 1.31. The minimum Gasteiger partial charge on any atom is -0.391 e. The molecule has 0 amide bonds. The highest BCUT2D eigenvalue weighted by atomic mass is 16.6. The summed E-state index contributed by atoms with van der Waals surface area (Å²) >= 11 is 0. The van der Waals surface area contributed by atoms with Crippen molar-refractivity contribution in [1.82, 2.24) is 4.90 Å². The highest BCUT2D eigenvalue weighted by Gasteiger charge is 2.24. The van der Waals surface area contributed by atoms with Gasteiger partial charge in [-0.05, 0) is 25.6 Å². The molecule has 1 saturated heterocycles. The number of aliphatic hydroxyl groups is 1. The zero-order valence-corrected chi connectivity index (χ0v) is 12.0. The third kappa shape index (κ3) is 2.91. The van der Waals surface area contributed by atoms with Gasteiger partial charge in [-0.1, -0.05) is 6.92 Å². The maximum Gasteiger partial charge on any atom is 0.275 e. The van der Waals surface area contributed by atoms with E-state index in [2.05, 4.69) is 23.8 Å². The molecule has 20 heavy (non-hydrogen) atoms. The Balaban J connectivity index is 2.23. The van der Waals surface area contributed by atoms with Crippen LogP contribution in [0.3, 0.4) is 0 Å². The molecule has 1 heterocycles. The van der Waals surface area contributed by atoms with Crippen LogP contribution in [-0.2, 0) is 6.61 Å². The van der Waals surface area contributed by atoms with Crippen LogP contribution in [0.5, 0.6) is 0 Å². The van der Waals surface area contributed by atoms with Crippen LogP contribution in [0.1, 0.15) is 18.9 Å². The van der Waals surface area contributed by atoms with Gasteiger partial charge in [0.05, 0.1) is 17.1 Å². The Morgan fingerprint density at radius 3 is 2.80 bits per heavy atom. The Bertz CT molecular complexity index is 493. The fraction of sp³-hybridized carbons (Fsp3) is 0.571. The Labute approximate surface area is 118 Å². The molecule has 110 valence electrons. The summed E-state index contributed by atoms with van der Waals surface area (Å²) in [7, 11) is 2.13. The molecule has 1 N–H and O–H groups in total. The van der Waals surface area contributed by atoms with E-state index in [1.54, 1.807) is 12.1 Å². The third-order valence-electron chi connectivity index (χ3n) is 4.04. The molecule has 0 radical (unpaired) electrons. The first-order valence-corrected chi connectivity index (χ1v) is 6.90. The monoisotopic (exact) mass is 279 g/mol. The number of rotatable bonds is 4. The van der Waals surface area contributed by atoms with Crippen LogP contribution >= 0.6 is 0 Å². The Hall–Kier alpha value is -1.66. The summed E-state index contributed by atoms with van der Waals surface area (Å²) in [4.78, 5) is 15.0. The zero-order valence-electron chi connectivity index (χ0n) is 12.0. The molecule has 1 atom stereocenters. The highest BCUT2D eigenvalue weighted by Crippen LogP contribution is 2.26. The summed E-state index contributed by atoms with van der Waals surface area (Å²) in [6.45, 7) is 4.64. The normalized spacial score (nSPS) is 20.1. The molecule has 0 saturated carbocycles. The van der Waals surface area contributed by atoms with Gasteiger partial charge in [-0.15, -0.1) is 0 Å². The van der Waals surface area contributed by atoms with Crippen molar-refractivity contribution in [3.8, 4) is 0 Å². The lowest BCUT2D eigenvalue weighted by atomic mass is 10.1. The van der Waals surface area contributed by atoms with Crippen molar-refractivity contribution in [2.24, 2.45) is 0 Å². The molecule has 6 heteroatoms. The van der Waals surface area contributed by atoms with Gasteiger partial charge < -0.3 is 10.0 Å². The van der Waals surface area contributed by atoms with E-state index in [1.165, 1.54) is 6.07 Å². The first kappa shape index (κ1) is 14.7. The van der Waals surface area contributed by atoms with Crippen LogP contribution in [0.25, 0.3) is 0 Å². The number of anilines is 1. The number of benzene rings is 1. The summed E-state index contributed by atoms with van der Waals surface area (Å²) in [6, 6.07) is 5.49. The number of hydrogen-bond donors (Lipinski definition) is 1. The van der Waals surface area contributed by atoms with E-state index in [-0.39, 0.29) is 12.3 Å². The molecule has 1 aliphatic heterocycles. The van der Waals surface area contributed by atoms with Gasteiger partial charge in [0.1, 0.15) is 0 Å². The second-order valence-electron chi connectivity index (χ2n) is 5.22. The predicted octanol–water partition coefficient (Wildman–Crippen LogP) is 1.62. The lowest BCUT2D eigenvalue weighted by Gasteiger charge is -2.40. The average Bonchev–Trinajstić information content (AvgIpc) is 2.46. The van der Waals surface area contributed by atoms with Gasteiger partial charge >= 0.3 is 0 Å². The largest absolute Gasteiger partial charge is 0.391 e. The maximum absolute atomic E-state index is 10.9. The smallest absolute Gasteiger partial charge is 0.275 e. The lowest BCUT2D eigenvalue weighted by Crippen LogP contribution is -2.51. The summed E-state index contributed by atoms with van der Waals surface area (Å²) in [5, 5.41) is 20.2. The van der Waals surface area contributed by atoms with Gasteiger partial charge in [0.25, 0.3) is 5.69 Å². The molecule has 2 rings (SSSR count). The van der Waals surface area contributed by atoms with Gasteiger partial charge in [-0.2, -0.15) is 0 Å². The van der Waals surface area contributed by atoms with Gasteiger partial charge in [0.2, 0.25) is 0 Å². The number of aliphatic hydroxyl groups excluding tert-OH is 1. The molecule has 0 bridgehead atoms. The molecule has 0 aromatic heterocycles. The second kappa shape index (κ2) is 6.19. The molecule has 1 aromatic carbocycles.